The quantitative estimate of drug-likeness (QED) is 0.628. The van der Waals surface area contributed by atoms with Gasteiger partial charge in [-0.25, -0.2) is 0 Å². The lowest BCUT2D eigenvalue weighted by Gasteiger charge is -2.05. The monoisotopic (exact) mass is 383 g/mol. The number of rotatable bonds is 6. The standard InChI is InChI=1S/C20H21N3OS2/c1-13-5-8-16(9-6-13)11-21-19(24)20-23-22-18(26-20)12-25-17-10-14(2)4-7-15(17)3/h4-10H,11-12H2,1-3H3,(H,21,24). The molecule has 0 atom stereocenters. The van der Waals surface area contributed by atoms with Crippen LogP contribution in [0.1, 0.15) is 37.1 Å². The van der Waals surface area contributed by atoms with E-state index >= 15 is 0 Å². The molecule has 0 fully saturated rings. The fourth-order valence-electron chi connectivity index (χ4n) is 2.37. The number of carbonyl (C=O) groups excluding carboxylic acids is 1. The summed E-state index contributed by atoms with van der Waals surface area (Å²) < 4.78 is 0. The molecule has 134 valence electrons. The molecule has 0 spiro atoms. The van der Waals surface area contributed by atoms with E-state index in [1.54, 1.807) is 11.8 Å². The second-order valence-corrected chi connectivity index (χ2v) is 8.31. The Bertz CT molecular complexity index is 904. The molecule has 1 amide bonds. The van der Waals surface area contributed by atoms with E-state index in [9.17, 15) is 4.79 Å². The topological polar surface area (TPSA) is 54.9 Å². The molecule has 0 aliphatic heterocycles. The van der Waals surface area contributed by atoms with Crippen LogP contribution in [0.5, 0.6) is 0 Å². The first kappa shape index (κ1) is 18.6. The molecule has 4 nitrogen and oxygen atoms in total. The van der Waals surface area contributed by atoms with E-state index < -0.39 is 0 Å². The molecule has 0 saturated carbocycles. The number of hydrogen-bond donors (Lipinski definition) is 1. The number of carbonyl (C=O) groups is 1. The van der Waals surface area contributed by atoms with Crippen LogP contribution in [0, 0.1) is 20.8 Å². The van der Waals surface area contributed by atoms with E-state index in [4.69, 9.17) is 0 Å². The first-order valence-corrected chi connectivity index (χ1v) is 10.2. The maximum absolute atomic E-state index is 12.3. The van der Waals surface area contributed by atoms with Crippen molar-refractivity contribution in [2.24, 2.45) is 0 Å². The van der Waals surface area contributed by atoms with Gasteiger partial charge in [0.05, 0.1) is 5.75 Å². The van der Waals surface area contributed by atoms with E-state index in [0.29, 0.717) is 17.3 Å². The molecule has 1 N–H and O–H groups in total. The lowest BCUT2D eigenvalue weighted by molar-refractivity contribution is 0.0950. The van der Waals surface area contributed by atoms with Crippen molar-refractivity contribution in [2.45, 2.75) is 38.0 Å². The van der Waals surface area contributed by atoms with Crippen molar-refractivity contribution in [1.29, 1.82) is 0 Å². The van der Waals surface area contributed by atoms with Crippen LogP contribution in [0.4, 0.5) is 0 Å². The van der Waals surface area contributed by atoms with Crippen LogP contribution in [0.15, 0.2) is 47.4 Å². The van der Waals surface area contributed by atoms with Crippen molar-refractivity contribution >= 4 is 29.0 Å². The Morgan fingerprint density at radius 3 is 2.54 bits per heavy atom. The van der Waals surface area contributed by atoms with Crippen LogP contribution in [0.2, 0.25) is 0 Å². The molecule has 26 heavy (non-hydrogen) atoms. The lowest BCUT2D eigenvalue weighted by Crippen LogP contribution is -2.22. The van der Waals surface area contributed by atoms with Crippen molar-refractivity contribution in [2.75, 3.05) is 0 Å². The first-order chi connectivity index (χ1) is 12.5. The Hall–Kier alpha value is -2.18. The zero-order valence-electron chi connectivity index (χ0n) is 15.1. The highest BCUT2D eigenvalue weighted by molar-refractivity contribution is 7.98. The van der Waals surface area contributed by atoms with Crippen LogP contribution in [0.3, 0.4) is 0 Å². The van der Waals surface area contributed by atoms with Crippen molar-refractivity contribution < 1.29 is 4.79 Å². The van der Waals surface area contributed by atoms with Gasteiger partial charge in [0.25, 0.3) is 5.91 Å². The average Bonchev–Trinajstić information content (AvgIpc) is 3.11. The molecular weight excluding hydrogens is 362 g/mol. The Kier molecular flexibility index (Phi) is 6.06. The number of aromatic nitrogens is 2. The van der Waals surface area contributed by atoms with Crippen molar-refractivity contribution in [3.63, 3.8) is 0 Å². The van der Waals surface area contributed by atoms with Gasteiger partial charge in [-0.2, -0.15) is 0 Å². The largest absolute Gasteiger partial charge is 0.346 e. The van der Waals surface area contributed by atoms with Crippen LogP contribution in [0.25, 0.3) is 0 Å². The average molecular weight is 384 g/mol. The fraction of sp³-hybridized carbons (Fsp3) is 0.250. The lowest BCUT2D eigenvalue weighted by atomic mass is 10.1. The van der Waals surface area contributed by atoms with Gasteiger partial charge in [-0.15, -0.1) is 22.0 Å². The molecule has 0 saturated heterocycles. The molecule has 1 heterocycles. The third kappa shape index (κ3) is 4.93. The summed E-state index contributed by atoms with van der Waals surface area (Å²) in [6.45, 7) is 6.73. The summed E-state index contributed by atoms with van der Waals surface area (Å²) in [7, 11) is 0. The maximum atomic E-state index is 12.3. The molecule has 0 radical (unpaired) electrons. The number of hydrogen-bond acceptors (Lipinski definition) is 5. The Balaban J connectivity index is 1.55. The molecule has 3 rings (SSSR count). The molecule has 0 aliphatic carbocycles. The van der Waals surface area contributed by atoms with Crippen LogP contribution in [-0.4, -0.2) is 16.1 Å². The highest BCUT2D eigenvalue weighted by atomic mass is 32.2. The minimum absolute atomic E-state index is 0.175. The highest BCUT2D eigenvalue weighted by Gasteiger charge is 2.13. The van der Waals surface area contributed by atoms with Crippen molar-refractivity contribution in [3.05, 3.63) is 74.7 Å². The molecule has 0 aliphatic rings. The zero-order valence-corrected chi connectivity index (χ0v) is 16.7. The fourth-order valence-corrected chi connectivity index (χ4v) is 4.24. The molecular formula is C20H21N3OS2. The van der Waals surface area contributed by atoms with E-state index in [1.807, 2.05) is 31.2 Å². The van der Waals surface area contributed by atoms with Crippen LogP contribution >= 0.6 is 23.1 Å². The van der Waals surface area contributed by atoms with E-state index in [2.05, 4.69) is 47.6 Å². The predicted molar refractivity (Wildman–Crippen MR) is 108 cm³/mol. The number of benzene rings is 2. The summed E-state index contributed by atoms with van der Waals surface area (Å²) in [5.41, 5.74) is 4.77. The van der Waals surface area contributed by atoms with Gasteiger partial charge >= 0.3 is 0 Å². The Morgan fingerprint density at radius 1 is 1.04 bits per heavy atom. The molecule has 1 aromatic heterocycles. The zero-order chi connectivity index (χ0) is 18.5. The van der Waals surface area contributed by atoms with Gasteiger partial charge in [0, 0.05) is 11.4 Å². The van der Waals surface area contributed by atoms with Gasteiger partial charge in [-0.3, -0.25) is 4.79 Å². The first-order valence-electron chi connectivity index (χ1n) is 8.37. The number of nitrogens with zero attached hydrogens (tertiary/aromatic N) is 2. The summed E-state index contributed by atoms with van der Waals surface area (Å²) in [5.74, 6) is 0.541. The van der Waals surface area contributed by atoms with Gasteiger partial charge in [-0.05, 0) is 38.0 Å². The third-order valence-corrected chi connectivity index (χ3v) is 6.20. The minimum Gasteiger partial charge on any atom is -0.346 e. The molecule has 3 aromatic rings. The second-order valence-electron chi connectivity index (χ2n) is 6.23. The van der Waals surface area contributed by atoms with E-state index in [0.717, 1.165) is 10.6 Å². The van der Waals surface area contributed by atoms with E-state index in [-0.39, 0.29) is 5.91 Å². The van der Waals surface area contributed by atoms with Crippen LogP contribution in [-0.2, 0) is 12.3 Å². The normalized spacial score (nSPS) is 10.7. The Morgan fingerprint density at radius 2 is 1.77 bits per heavy atom. The third-order valence-electron chi connectivity index (χ3n) is 3.93. The summed E-state index contributed by atoms with van der Waals surface area (Å²) in [4.78, 5) is 13.5. The van der Waals surface area contributed by atoms with Gasteiger partial charge in [-0.1, -0.05) is 58.9 Å². The smallest absolute Gasteiger partial charge is 0.282 e. The number of nitrogens with one attached hydrogen (secondary N) is 1. The molecule has 6 heteroatoms. The summed E-state index contributed by atoms with van der Waals surface area (Å²) in [6.07, 6.45) is 0. The minimum atomic E-state index is -0.175. The molecule has 2 aromatic carbocycles. The van der Waals surface area contributed by atoms with Gasteiger partial charge in [0.1, 0.15) is 5.01 Å². The number of thioether (sulfide) groups is 1. The maximum Gasteiger partial charge on any atom is 0.282 e. The summed E-state index contributed by atoms with van der Waals surface area (Å²) >= 11 is 3.08. The van der Waals surface area contributed by atoms with Crippen molar-refractivity contribution in [3.8, 4) is 0 Å². The highest BCUT2D eigenvalue weighted by Crippen LogP contribution is 2.28. The predicted octanol–water partition coefficient (Wildman–Crippen LogP) is 4.69. The number of amides is 1. The molecule has 0 unspecified atom stereocenters. The SMILES string of the molecule is Cc1ccc(CNC(=O)c2nnc(CSc3cc(C)ccc3C)s2)cc1. The van der Waals surface area contributed by atoms with Gasteiger partial charge in [0.15, 0.2) is 0 Å². The summed E-state index contributed by atoms with van der Waals surface area (Å²) in [5, 5.41) is 12.4. The van der Waals surface area contributed by atoms with Crippen LogP contribution < -0.4 is 5.32 Å². The number of aryl methyl sites for hydroxylation is 3. The summed E-state index contributed by atoms with van der Waals surface area (Å²) in [6, 6.07) is 14.5. The Labute approximate surface area is 162 Å². The van der Waals surface area contributed by atoms with Crippen molar-refractivity contribution in [1.82, 2.24) is 15.5 Å². The molecule has 0 bridgehead atoms. The van der Waals surface area contributed by atoms with Gasteiger partial charge in [0.2, 0.25) is 5.01 Å². The second kappa shape index (κ2) is 8.47. The van der Waals surface area contributed by atoms with Gasteiger partial charge < -0.3 is 5.32 Å². The van der Waals surface area contributed by atoms with E-state index in [1.165, 1.54) is 32.9 Å².